The van der Waals surface area contributed by atoms with E-state index in [1.54, 1.807) is 9.80 Å². The number of benzene rings is 1. The summed E-state index contributed by atoms with van der Waals surface area (Å²) in [6, 6.07) is 2.90. The fraction of sp³-hybridized carbons (Fsp3) is 0.438. The molecule has 3 rings (SSSR count). The van der Waals surface area contributed by atoms with Crippen molar-refractivity contribution in [3.05, 3.63) is 29.8 Å². The normalized spacial score (nSPS) is 22.9. The van der Waals surface area contributed by atoms with Gasteiger partial charge in [0, 0.05) is 32.2 Å². The molecule has 8 heteroatoms. The monoisotopic (exact) mass is 337 g/mol. The van der Waals surface area contributed by atoms with Crippen LogP contribution in [0.4, 0.5) is 14.5 Å². The highest BCUT2D eigenvalue weighted by Gasteiger charge is 2.49. The molecule has 2 fully saturated rings. The number of piperazine rings is 1. The Kier molecular flexibility index (Phi) is 4.46. The first-order valence-electron chi connectivity index (χ1n) is 7.73. The van der Waals surface area contributed by atoms with Crippen molar-refractivity contribution in [2.45, 2.75) is 6.42 Å². The number of amides is 3. The molecule has 1 N–H and O–H groups in total. The Morgan fingerprint density at radius 3 is 2.46 bits per heavy atom. The van der Waals surface area contributed by atoms with Gasteiger partial charge in [0.05, 0.1) is 17.5 Å². The molecule has 0 spiro atoms. The van der Waals surface area contributed by atoms with Gasteiger partial charge < -0.3 is 15.1 Å². The second-order valence-electron chi connectivity index (χ2n) is 6.03. The van der Waals surface area contributed by atoms with Crippen LogP contribution in [0, 0.1) is 23.5 Å². The number of nitrogens with zero attached hydrogens (tertiary/aromatic N) is 2. The number of carbonyl (C=O) groups excluding carboxylic acids is 3. The number of rotatable bonds is 4. The van der Waals surface area contributed by atoms with Crippen molar-refractivity contribution in [2.75, 3.05) is 31.5 Å². The Hall–Kier alpha value is -2.51. The third-order valence-electron chi connectivity index (χ3n) is 4.41. The van der Waals surface area contributed by atoms with Gasteiger partial charge in [-0.3, -0.25) is 14.4 Å². The maximum absolute atomic E-state index is 13.5. The average Bonchev–Trinajstić information content (AvgIpc) is 3.37. The van der Waals surface area contributed by atoms with Crippen LogP contribution in [0.2, 0.25) is 0 Å². The van der Waals surface area contributed by atoms with Gasteiger partial charge in [-0.2, -0.15) is 0 Å². The second kappa shape index (κ2) is 6.54. The van der Waals surface area contributed by atoms with Gasteiger partial charge in [0.2, 0.25) is 18.2 Å². The SMILES string of the molecule is O=CN1CCN(C(=O)C2CC2C(=O)Nc2ccc(F)cc2F)CC1. The lowest BCUT2D eigenvalue weighted by Gasteiger charge is -2.32. The van der Waals surface area contributed by atoms with Gasteiger partial charge in [-0.25, -0.2) is 8.78 Å². The number of halogens is 2. The molecule has 6 nitrogen and oxygen atoms in total. The number of anilines is 1. The summed E-state index contributed by atoms with van der Waals surface area (Å²) in [6.07, 6.45) is 1.17. The summed E-state index contributed by atoms with van der Waals surface area (Å²) in [4.78, 5) is 38.4. The number of hydrogen-bond acceptors (Lipinski definition) is 3. The Labute approximate surface area is 137 Å². The Morgan fingerprint density at radius 2 is 1.83 bits per heavy atom. The van der Waals surface area contributed by atoms with Crippen molar-refractivity contribution < 1.29 is 23.2 Å². The standard InChI is InChI=1S/C16H17F2N3O3/c17-10-1-2-14(13(18)7-10)19-15(23)11-8-12(11)16(24)21-5-3-20(9-22)4-6-21/h1-2,7,9,11-12H,3-6,8H2,(H,19,23). The summed E-state index contributed by atoms with van der Waals surface area (Å²) in [5.41, 5.74) is -0.0981. The number of nitrogens with one attached hydrogen (secondary N) is 1. The van der Waals surface area contributed by atoms with Gasteiger partial charge in [0.1, 0.15) is 11.6 Å². The average molecular weight is 337 g/mol. The lowest BCUT2D eigenvalue weighted by molar-refractivity contribution is -0.137. The summed E-state index contributed by atoms with van der Waals surface area (Å²) in [6.45, 7) is 1.88. The smallest absolute Gasteiger partial charge is 0.228 e. The zero-order valence-electron chi connectivity index (χ0n) is 12.9. The fourth-order valence-electron chi connectivity index (χ4n) is 2.86. The van der Waals surface area contributed by atoms with Crippen LogP contribution in [0.25, 0.3) is 0 Å². The van der Waals surface area contributed by atoms with Crippen molar-refractivity contribution in [1.82, 2.24) is 9.80 Å². The lowest BCUT2D eigenvalue weighted by atomic mass is 10.2. The van der Waals surface area contributed by atoms with Crippen molar-refractivity contribution in [2.24, 2.45) is 11.8 Å². The molecule has 1 aromatic carbocycles. The van der Waals surface area contributed by atoms with Crippen LogP contribution in [-0.2, 0) is 14.4 Å². The number of hydrogen-bond donors (Lipinski definition) is 1. The zero-order chi connectivity index (χ0) is 17.3. The van der Waals surface area contributed by atoms with E-state index in [0.717, 1.165) is 18.5 Å². The molecule has 2 aliphatic rings. The summed E-state index contributed by atoms with van der Waals surface area (Å²) < 4.78 is 26.4. The molecule has 128 valence electrons. The molecule has 2 atom stereocenters. The number of carbonyl (C=O) groups is 3. The first-order chi connectivity index (χ1) is 11.5. The highest BCUT2D eigenvalue weighted by molar-refractivity contribution is 5.99. The van der Waals surface area contributed by atoms with E-state index in [-0.39, 0.29) is 11.6 Å². The van der Waals surface area contributed by atoms with E-state index in [0.29, 0.717) is 38.7 Å². The molecule has 3 amide bonds. The van der Waals surface area contributed by atoms with E-state index >= 15 is 0 Å². The maximum Gasteiger partial charge on any atom is 0.228 e. The van der Waals surface area contributed by atoms with Crippen molar-refractivity contribution in [3.8, 4) is 0 Å². The highest BCUT2D eigenvalue weighted by atomic mass is 19.1. The summed E-state index contributed by atoms with van der Waals surface area (Å²) >= 11 is 0. The minimum atomic E-state index is -0.850. The molecule has 1 aliphatic carbocycles. The summed E-state index contributed by atoms with van der Waals surface area (Å²) in [7, 11) is 0. The van der Waals surface area contributed by atoms with Gasteiger partial charge in [-0.05, 0) is 18.6 Å². The Morgan fingerprint density at radius 1 is 1.12 bits per heavy atom. The van der Waals surface area contributed by atoms with Crippen LogP contribution in [0.15, 0.2) is 18.2 Å². The largest absolute Gasteiger partial charge is 0.342 e. The molecule has 0 aromatic heterocycles. The van der Waals surface area contributed by atoms with Crippen molar-refractivity contribution >= 4 is 23.9 Å². The molecule has 24 heavy (non-hydrogen) atoms. The van der Waals surface area contributed by atoms with Gasteiger partial charge in [0.15, 0.2) is 0 Å². The van der Waals surface area contributed by atoms with Crippen LogP contribution < -0.4 is 5.32 Å². The van der Waals surface area contributed by atoms with Gasteiger partial charge in [-0.15, -0.1) is 0 Å². The van der Waals surface area contributed by atoms with Gasteiger partial charge in [0.25, 0.3) is 0 Å². The molecule has 1 saturated carbocycles. The maximum atomic E-state index is 13.5. The Balaban J connectivity index is 1.54. The molecular formula is C16H17F2N3O3. The third-order valence-corrected chi connectivity index (χ3v) is 4.41. The third kappa shape index (κ3) is 3.37. The molecule has 0 bridgehead atoms. The topological polar surface area (TPSA) is 69.7 Å². The van der Waals surface area contributed by atoms with E-state index in [1.807, 2.05) is 0 Å². The minimum Gasteiger partial charge on any atom is -0.342 e. The lowest BCUT2D eigenvalue weighted by Crippen LogP contribution is -2.48. The molecule has 1 aromatic rings. The van der Waals surface area contributed by atoms with Gasteiger partial charge in [-0.1, -0.05) is 0 Å². The van der Waals surface area contributed by atoms with Crippen LogP contribution in [0.3, 0.4) is 0 Å². The zero-order valence-corrected chi connectivity index (χ0v) is 12.9. The van der Waals surface area contributed by atoms with Crippen LogP contribution in [-0.4, -0.2) is 54.2 Å². The first kappa shape index (κ1) is 16.4. The van der Waals surface area contributed by atoms with Crippen LogP contribution in [0.1, 0.15) is 6.42 Å². The van der Waals surface area contributed by atoms with Crippen molar-refractivity contribution in [1.29, 1.82) is 0 Å². The second-order valence-corrected chi connectivity index (χ2v) is 6.03. The van der Waals surface area contributed by atoms with E-state index in [1.165, 1.54) is 0 Å². The summed E-state index contributed by atoms with van der Waals surface area (Å²) in [5.74, 6) is -3.02. The predicted octanol–water partition coefficient (Wildman–Crippen LogP) is 0.840. The molecule has 1 aliphatic heterocycles. The summed E-state index contributed by atoms with van der Waals surface area (Å²) in [5, 5.41) is 2.40. The van der Waals surface area contributed by atoms with Gasteiger partial charge >= 0.3 is 0 Å². The molecule has 0 radical (unpaired) electrons. The minimum absolute atomic E-state index is 0.0981. The van der Waals surface area contributed by atoms with Crippen molar-refractivity contribution in [3.63, 3.8) is 0 Å². The van der Waals surface area contributed by atoms with E-state index in [4.69, 9.17) is 0 Å². The molecule has 2 unspecified atom stereocenters. The highest BCUT2D eigenvalue weighted by Crippen LogP contribution is 2.41. The van der Waals surface area contributed by atoms with Crippen LogP contribution in [0.5, 0.6) is 0 Å². The molecule has 1 heterocycles. The fourth-order valence-corrected chi connectivity index (χ4v) is 2.86. The molecule has 1 saturated heterocycles. The first-order valence-corrected chi connectivity index (χ1v) is 7.73. The van der Waals surface area contributed by atoms with E-state index in [9.17, 15) is 23.2 Å². The van der Waals surface area contributed by atoms with E-state index < -0.39 is 29.4 Å². The van der Waals surface area contributed by atoms with E-state index in [2.05, 4.69) is 5.32 Å². The molecular weight excluding hydrogens is 320 g/mol. The predicted molar refractivity (Wildman–Crippen MR) is 80.8 cm³/mol. The Bertz CT molecular complexity index is 675. The van der Waals surface area contributed by atoms with Crippen LogP contribution >= 0.6 is 0 Å². The quantitative estimate of drug-likeness (QED) is 0.828.